The number of carbonyl (C=O) groups excluding carboxylic acids is 1. The molecule has 7 nitrogen and oxygen atoms in total. The first kappa shape index (κ1) is 21.8. The number of carbonyl (C=O) groups is 1. The molecule has 0 fully saturated rings. The third-order valence-electron chi connectivity index (χ3n) is 4.65. The molecule has 0 aliphatic heterocycles. The van der Waals surface area contributed by atoms with E-state index in [1.165, 1.54) is 36.4 Å². The Labute approximate surface area is 188 Å². The third kappa shape index (κ3) is 5.06. The first-order valence-electron chi connectivity index (χ1n) is 9.61. The lowest BCUT2D eigenvalue weighted by Gasteiger charge is -2.10. The number of H-pyrrole nitrogens is 1. The number of nitrogens with zero attached hydrogens (tertiary/aromatic N) is 1. The largest absolute Gasteiger partial charge is 0.342 e. The number of halogens is 2. The Morgan fingerprint density at radius 2 is 1.75 bits per heavy atom. The number of nitrogens with one attached hydrogen (secondary N) is 3. The van der Waals surface area contributed by atoms with Crippen LogP contribution in [0.1, 0.15) is 12.2 Å². The third-order valence-corrected chi connectivity index (χ3v) is 6.33. The van der Waals surface area contributed by atoms with E-state index in [4.69, 9.17) is 11.6 Å². The molecule has 1 heterocycles. The zero-order valence-corrected chi connectivity index (χ0v) is 18.2. The van der Waals surface area contributed by atoms with Crippen LogP contribution >= 0.6 is 11.6 Å². The van der Waals surface area contributed by atoms with E-state index in [0.717, 1.165) is 22.9 Å². The van der Waals surface area contributed by atoms with Crippen molar-refractivity contribution in [2.75, 3.05) is 10.0 Å². The van der Waals surface area contributed by atoms with Crippen LogP contribution in [0.2, 0.25) is 5.02 Å². The molecule has 4 aromatic rings. The van der Waals surface area contributed by atoms with E-state index in [9.17, 15) is 17.6 Å². The number of aromatic nitrogens is 2. The van der Waals surface area contributed by atoms with Gasteiger partial charge in [-0.1, -0.05) is 23.7 Å². The van der Waals surface area contributed by atoms with Gasteiger partial charge in [-0.2, -0.15) is 0 Å². The highest BCUT2D eigenvalue weighted by atomic mass is 35.5. The predicted octanol–water partition coefficient (Wildman–Crippen LogP) is 4.73. The highest BCUT2D eigenvalue weighted by Gasteiger charge is 2.15. The van der Waals surface area contributed by atoms with Crippen LogP contribution < -0.4 is 10.0 Å². The van der Waals surface area contributed by atoms with Crippen molar-refractivity contribution in [3.8, 4) is 0 Å². The lowest BCUT2D eigenvalue weighted by atomic mass is 10.2. The molecule has 0 saturated carbocycles. The van der Waals surface area contributed by atoms with Crippen molar-refractivity contribution in [3.63, 3.8) is 0 Å². The zero-order valence-electron chi connectivity index (χ0n) is 16.6. The average molecular weight is 473 g/mol. The molecule has 4 rings (SSSR count). The van der Waals surface area contributed by atoms with E-state index < -0.39 is 15.8 Å². The Morgan fingerprint density at radius 1 is 1.03 bits per heavy atom. The number of benzene rings is 3. The second-order valence-electron chi connectivity index (χ2n) is 7.01. The number of aryl methyl sites for hydroxylation is 1. The van der Waals surface area contributed by atoms with Crippen LogP contribution in [-0.2, 0) is 21.2 Å². The molecule has 0 aliphatic rings. The van der Waals surface area contributed by atoms with E-state index in [1.54, 1.807) is 0 Å². The fourth-order valence-corrected chi connectivity index (χ4v) is 4.30. The minimum atomic E-state index is -3.90. The van der Waals surface area contributed by atoms with Gasteiger partial charge in [-0.3, -0.25) is 9.52 Å². The van der Waals surface area contributed by atoms with Crippen LogP contribution in [0.15, 0.2) is 71.6 Å². The lowest BCUT2D eigenvalue weighted by molar-refractivity contribution is -0.116. The highest BCUT2D eigenvalue weighted by Crippen LogP contribution is 2.23. The number of imidazole rings is 1. The highest BCUT2D eigenvalue weighted by molar-refractivity contribution is 7.92. The molecular formula is C22H18ClFN4O3S. The number of hydrogen-bond acceptors (Lipinski definition) is 4. The van der Waals surface area contributed by atoms with Crippen molar-refractivity contribution < 1.29 is 17.6 Å². The smallest absolute Gasteiger partial charge is 0.261 e. The molecule has 1 amide bonds. The number of aromatic amines is 1. The van der Waals surface area contributed by atoms with Crippen LogP contribution in [0.4, 0.5) is 15.8 Å². The van der Waals surface area contributed by atoms with Gasteiger partial charge in [0, 0.05) is 18.5 Å². The molecule has 3 aromatic carbocycles. The maximum Gasteiger partial charge on any atom is 0.261 e. The number of hydrogen-bond donors (Lipinski definition) is 3. The Morgan fingerprint density at radius 3 is 2.47 bits per heavy atom. The number of para-hydroxylation sites is 2. The van der Waals surface area contributed by atoms with Gasteiger partial charge in [-0.15, -0.1) is 0 Å². The lowest BCUT2D eigenvalue weighted by Crippen LogP contribution is -2.14. The summed E-state index contributed by atoms with van der Waals surface area (Å²) < 4.78 is 40.6. The molecule has 0 radical (unpaired) electrons. The summed E-state index contributed by atoms with van der Waals surface area (Å²) in [5.74, 6) is -0.148. The molecule has 0 atom stereocenters. The first-order valence-corrected chi connectivity index (χ1v) is 11.5. The van der Waals surface area contributed by atoms with E-state index in [1.807, 2.05) is 24.3 Å². The molecule has 0 spiro atoms. The van der Waals surface area contributed by atoms with Crippen LogP contribution in [0.3, 0.4) is 0 Å². The minimum Gasteiger partial charge on any atom is -0.342 e. The zero-order chi connectivity index (χ0) is 22.7. The summed E-state index contributed by atoms with van der Waals surface area (Å²) in [6.07, 6.45) is 0.657. The van der Waals surface area contributed by atoms with Gasteiger partial charge in [0.05, 0.1) is 26.6 Å². The van der Waals surface area contributed by atoms with Crippen molar-refractivity contribution in [3.05, 3.63) is 83.4 Å². The van der Waals surface area contributed by atoms with Gasteiger partial charge >= 0.3 is 0 Å². The van der Waals surface area contributed by atoms with E-state index in [2.05, 4.69) is 20.0 Å². The molecule has 164 valence electrons. The molecule has 10 heteroatoms. The quantitative estimate of drug-likeness (QED) is 0.361. The van der Waals surface area contributed by atoms with E-state index in [-0.39, 0.29) is 27.9 Å². The van der Waals surface area contributed by atoms with Crippen molar-refractivity contribution in [1.29, 1.82) is 0 Å². The van der Waals surface area contributed by atoms with Crippen molar-refractivity contribution in [2.45, 2.75) is 17.7 Å². The number of rotatable bonds is 7. The van der Waals surface area contributed by atoms with Gasteiger partial charge in [-0.25, -0.2) is 17.8 Å². The summed E-state index contributed by atoms with van der Waals surface area (Å²) in [6.45, 7) is 0. The summed E-state index contributed by atoms with van der Waals surface area (Å²) in [5, 5.41) is 2.54. The summed E-state index contributed by atoms with van der Waals surface area (Å²) in [4.78, 5) is 19.8. The van der Waals surface area contributed by atoms with Gasteiger partial charge < -0.3 is 10.3 Å². The molecule has 0 saturated heterocycles. The molecule has 1 aromatic heterocycles. The molecule has 0 bridgehead atoms. The normalized spacial score (nSPS) is 11.4. The number of anilines is 2. The summed E-state index contributed by atoms with van der Waals surface area (Å²) >= 11 is 5.69. The average Bonchev–Trinajstić information content (AvgIpc) is 3.18. The Kier molecular flexibility index (Phi) is 6.11. The van der Waals surface area contributed by atoms with Crippen LogP contribution in [0.5, 0.6) is 0 Å². The molecule has 0 unspecified atom stereocenters. The Balaban J connectivity index is 1.36. The first-order chi connectivity index (χ1) is 15.3. The topological polar surface area (TPSA) is 104 Å². The van der Waals surface area contributed by atoms with Crippen LogP contribution in [0.25, 0.3) is 11.0 Å². The second-order valence-corrected chi connectivity index (χ2v) is 9.10. The van der Waals surface area contributed by atoms with Gasteiger partial charge in [0.2, 0.25) is 5.91 Å². The molecule has 3 N–H and O–H groups in total. The summed E-state index contributed by atoms with van der Waals surface area (Å²) in [7, 11) is -3.90. The Bertz CT molecular complexity index is 1360. The summed E-state index contributed by atoms with van der Waals surface area (Å²) in [6, 6.07) is 16.9. The van der Waals surface area contributed by atoms with Crippen molar-refractivity contribution in [1.82, 2.24) is 9.97 Å². The van der Waals surface area contributed by atoms with E-state index in [0.29, 0.717) is 12.1 Å². The van der Waals surface area contributed by atoms with Gasteiger partial charge in [0.25, 0.3) is 10.0 Å². The van der Waals surface area contributed by atoms with Crippen LogP contribution in [0, 0.1) is 5.82 Å². The molecular weight excluding hydrogens is 455 g/mol. The summed E-state index contributed by atoms with van der Waals surface area (Å²) in [5.41, 5.74) is 2.36. The standard InChI is InChI=1S/C22H18ClFN4O3S/c23-17-13-15(7-10-18(17)24)28-32(30,31)16-8-5-14(6-9-16)25-22(29)12-11-21-26-19-3-1-2-4-20(19)27-21/h1-10,13,28H,11-12H2,(H,25,29)(H,26,27). The van der Waals surface area contributed by atoms with Gasteiger partial charge in [-0.05, 0) is 54.6 Å². The van der Waals surface area contributed by atoms with E-state index >= 15 is 0 Å². The maximum atomic E-state index is 13.3. The minimum absolute atomic E-state index is 0.0155. The molecule has 32 heavy (non-hydrogen) atoms. The van der Waals surface area contributed by atoms with Crippen molar-refractivity contribution in [2.24, 2.45) is 0 Å². The van der Waals surface area contributed by atoms with Crippen LogP contribution in [-0.4, -0.2) is 24.3 Å². The Hall–Kier alpha value is -3.43. The van der Waals surface area contributed by atoms with Gasteiger partial charge in [0.15, 0.2) is 0 Å². The molecule has 0 aliphatic carbocycles. The number of fused-ring (bicyclic) bond motifs is 1. The fourth-order valence-electron chi connectivity index (χ4n) is 3.07. The number of amides is 1. The van der Waals surface area contributed by atoms with Gasteiger partial charge in [0.1, 0.15) is 11.6 Å². The fraction of sp³-hybridized carbons (Fsp3) is 0.0909. The number of sulfonamides is 1. The maximum absolute atomic E-state index is 13.3. The SMILES string of the molecule is O=C(CCc1nc2ccccc2[nH]1)Nc1ccc(S(=O)(=O)Nc2ccc(F)c(Cl)c2)cc1. The monoisotopic (exact) mass is 472 g/mol. The van der Waals surface area contributed by atoms with Crippen molar-refractivity contribution >= 4 is 49.9 Å². The second kappa shape index (κ2) is 8.97. The predicted molar refractivity (Wildman–Crippen MR) is 122 cm³/mol.